The summed E-state index contributed by atoms with van der Waals surface area (Å²) in [4.78, 5) is 15.5. The quantitative estimate of drug-likeness (QED) is 0.351. The number of aliphatic imine (C=N–C) groups is 1. The first kappa shape index (κ1) is 23.7. The number of nitrogens with one attached hydrogen (secondary N) is 1. The van der Waals surface area contributed by atoms with Crippen LogP contribution in [0.4, 0.5) is 5.69 Å². The van der Waals surface area contributed by atoms with Gasteiger partial charge in [-0.05, 0) is 32.9 Å². The first-order valence-corrected chi connectivity index (χ1v) is 10.8. The molecule has 1 N–H and O–H groups in total. The van der Waals surface area contributed by atoms with Crippen LogP contribution in [0.2, 0.25) is 0 Å². The van der Waals surface area contributed by atoms with Crippen LogP contribution in [0.25, 0.3) is 0 Å². The highest BCUT2D eigenvalue weighted by atomic mass is 127. The summed E-state index contributed by atoms with van der Waals surface area (Å²) in [7, 11) is 1.71. The predicted molar refractivity (Wildman–Crippen MR) is 133 cm³/mol. The zero-order chi connectivity index (χ0) is 19.9. The van der Waals surface area contributed by atoms with Gasteiger partial charge in [0.2, 0.25) is 0 Å². The number of hydrogen-bond donors (Lipinski definition) is 1. The number of thiazole rings is 1. The normalized spacial score (nSPS) is 14.6. The molecule has 6 nitrogen and oxygen atoms in total. The van der Waals surface area contributed by atoms with E-state index in [4.69, 9.17) is 9.73 Å². The summed E-state index contributed by atoms with van der Waals surface area (Å²) in [6.45, 7) is 11.8. The maximum absolute atomic E-state index is 5.36. The Balaban J connectivity index is 0.00000300. The monoisotopic (exact) mass is 529 g/mol. The molecular weight excluding hydrogens is 497 g/mol. The topological polar surface area (TPSA) is 53.0 Å². The van der Waals surface area contributed by atoms with Crippen LogP contribution in [0, 0.1) is 13.8 Å². The predicted octanol–water partition coefficient (Wildman–Crippen LogP) is 3.72. The zero-order valence-electron chi connectivity index (χ0n) is 17.8. The summed E-state index contributed by atoms with van der Waals surface area (Å²) in [5, 5.41) is 4.59. The third-order valence-corrected chi connectivity index (χ3v) is 6.07. The van der Waals surface area contributed by atoms with Crippen molar-refractivity contribution in [1.82, 2.24) is 15.2 Å². The Morgan fingerprint density at radius 3 is 2.62 bits per heavy atom. The molecule has 29 heavy (non-hydrogen) atoms. The van der Waals surface area contributed by atoms with Crippen molar-refractivity contribution in [3.05, 3.63) is 39.8 Å². The third kappa shape index (κ3) is 6.47. The van der Waals surface area contributed by atoms with Crippen LogP contribution in [0.3, 0.4) is 0 Å². The van der Waals surface area contributed by atoms with E-state index in [-0.39, 0.29) is 24.0 Å². The molecule has 1 saturated heterocycles. The Morgan fingerprint density at radius 1 is 1.24 bits per heavy atom. The second-order valence-electron chi connectivity index (χ2n) is 6.90. The molecule has 160 valence electrons. The van der Waals surface area contributed by atoms with Crippen LogP contribution >= 0.6 is 35.3 Å². The molecule has 0 amide bonds. The van der Waals surface area contributed by atoms with Gasteiger partial charge in [-0.3, -0.25) is 4.99 Å². The van der Waals surface area contributed by atoms with Gasteiger partial charge < -0.3 is 19.9 Å². The molecule has 0 spiro atoms. The molecule has 1 fully saturated rings. The fourth-order valence-corrected chi connectivity index (χ4v) is 4.40. The van der Waals surface area contributed by atoms with Gasteiger partial charge in [0.05, 0.1) is 17.8 Å². The van der Waals surface area contributed by atoms with Gasteiger partial charge in [0.15, 0.2) is 5.96 Å². The summed E-state index contributed by atoms with van der Waals surface area (Å²) in [5.41, 5.74) is 2.37. The first-order chi connectivity index (χ1) is 13.6. The average Bonchev–Trinajstić information content (AvgIpc) is 3.04. The molecule has 0 saturated carbocycles. The van der Waals surface area contributed by atoms with E-state index in [1.165, 1.54) is 10.6 Å². The second-order valence-corrected chi connectivity index (χ2v) is 8.19. The molecule has 1 aromatic carbocycles. The number of piperazine rings is 1. The lowest BCUT2D eigenvalue weighted by molar-refractivity contribution is 0.372. The van der Waals surface area contributed by atoms with Crippen LogP contribution in [-0.2, 0) is 6.42 Å². The average molecular weight is 529 g/mol. The molecule has 2 heterocycles. The SMILES string of the molecule is CCNC(=NCCc1sc(C)nc1C)N1CCN(c2cccc(OC)c2)CC1.I. The molecule has 0 atom stereocenters. The van der Waals surface area contributed by atoms with Crippen LogP contribution in [-0.4, -0.2) is 62.2 Å². The zero-order valence-corrected chi connectivity index (χ0v) is 20.9. The van der Waals surface area contributed by atoms with E-state index in [1.54, 1.807) is 18.4 Å². The Kier molecular flexibility index (Phi) is 9.48. The minimum Gasteiger partial charge on any atom is -0.497 e. The van der Waals surface area contributed by atoms with Crippen LogP contribution in [0.1, 0.15) is 22.5 Å². The Labute approximate surface area is 195 Å². The van der Waals surface area contributed by atoms with Crippen molar-refractivity contribution >= 4 is 47.0 Å². The van der Waals surface area contributed by atoms with Gasteiger partial charge in [-0.2, -0.15) is 0 Å². The molecule has 1 aliphatic rings. The number of rotatable bonds is 6. The number of aromatic nitrogens is 1. The van der Waals surface area contributed by atoms with Gasteiger partial charge >= 0.3 is 0 Å². The fourth-order valence-electron chi connectivity index (χ4n) is 3.48. The lowest BCUT2D eigenvalue weighted by Gasteiger charge is -2.37. The highest BCUT2D eigenvalue weighted by Crippen LogP contribution is 2.22. The Morgan fingerprint density at radius 2 is 2.00 bits per heavy atom. The molecule has 3 rings (SSSR count). The largest absolute Gasteiger partial charge is 0.497 e. The molecule has 2 aromatic rings. The van der Waals surface area contributed by atoms with E-state index in [2.05, 4.69) is 59.1 Å². The minimum atomic E-state index is 0. The summed E-state index contributed by atoms with van der Waals surface area (Å²) in [5.74, 6) is 1.93. The van der Waals surface area contributed by atoms with Crippen LogP contribution in [0.15, 0.2) is 29.3 Å². The van der Waals surface area contributed by atoms with Crippen molar-refractivity contribution in [2.24, 2.45) is 4.99 Å². The van der Waals surface area contributed by atoms with E-state index in [1.807, 2.05) is 6.07 Å². The fraction of sp³-hybridized carbons (Fsp3) is 0.524. The first-order valence-electron chi connectivity index (χ1n) is 9.96. The van der Waals surface area contributed by atoms with Crippen molar-refractivity contribution in [2.45, 2.75) is 27.2 Å². The van der Waals surface area contributed by atoms with E-state index in [0.717, 1.165) is 68.1 Å². The molecular formula is C21H32IN5OS. The minimum absolute atomic E-state index is 0. The maximum Gasteiger partial charge on any atom is 0.194 e. The van der Waals surface area contributed by atoms with Crippen molar-refractivity contribution in [3.8, 4) is 5.75 Å². The number of hydrogen-bond acceptors (Lipinski definition) is 5. The molecule has 0 aliphatic carbocycles. The number of ether oxygens (including phenoxy) is 1. The standard InChI is InChI=1S/C21H31N5OS.HI/c1-5-22-21(23-10-9-20-16(2)24-17(3)28-20)26-13-11-25(12-14-26)18-7-6-8-19(15-18)27-4;/h6-8,15H,5,9-14H2,1-4H3,(H,22,23);1H. The highest BCUT2D eigenvalue weighted by molar-refractivity contribution is 14.0. The Bertz CT molecular complexity index is 802. The number of halogens is 1. The van der Waals surface area contributed by atoms with Crippen LogP contribution < -0.4 is 15.0 Å². The molecule has 1 aromatic heterocycles. The lowest BCUT2D eigenvalue weighted by atomic mass is 10.2. The van der Waals surface area contributed by atoms with Crippen LogP contribution in [0.5, 0.6) is 5.75 Å². The summed E-state index contributed by atoms with van der Waals surface area (Å²) in [6, 6.07) is 8.29. The smallest absolute Gasteiger partial charge is 0.194 e. The van der Waals surface area contributed by atoms with E-state index in [9.17, 15) is 0 Å². The van der Waals surface area contributed by atoms with E-state index in [0.29, 0.717) is 0 Å². The molecule has 0 bridgehead atoms. The van der Waals surface area contributed by atoms with Gasteiger partial charge in [0.25, 0.3) is 0 Å². The van der Waals surface area contributed by atoms with E-state index >= 15 is 0 Å². The van der Waals surface area contributed by atoms with Crippen molar-refractivity contribution in [1.29, 1.82) is 0 Å². The number of aryl methyl sites for hydroxylation is 2. The molecule has 8 heteroatoms. The summed E-state index contributed by atoms with van der Waals surface area (Å²) < 4.78 is 5.36. The van der Waals surface area contributed by atoms with Crippen molar-refractivity contribution in [3.63, 3.8) is 0 Å². The second kappa shape index (κ2) is 11.6. The number of methoxy groups -OCH3 is 1. The number of guanidine groups is 1. The van der Waals surface area contributed by atoms with Crippen molar-refractivity contribution < 1.29 is 4.74 Å². The molecule has 0 radical (unpaired) electrons. The summed E-state index contributed by atoms with van der Waals surface area (Å²) >= 11 is 1.78. The number of benzene rings is 1. The van der Waals surface area contributed by atoms with Gasteiger partial charge in [0, 0.05) is 62.3 Å². The molecule has 1 aliphatic heterocycles. The Hall–Kier alpha value is -1.55. The summed E-state index contributed by atoms with van der Waals surface area (Å²) in [6.07, 6.45) is 0.954. The van der Waals surface area contributed by atoms with Gasteiger partial charge in [0.1, 0.15) is 5.75 Å². The third-order valence-electron chi connectivity index (χ3n) is 4.93. The van der Waals surface area contributed by atoms with Crippen molar-refractivity contribution in [2.75, 3.05) is 51.3 Å². The maximum atomic E-state index is 5.36. The lowest BCUT2D eigenvalue weighted by Crippen LogP contribution is -2.52. The number of anilines is 1. The van der Waals surface area contributed by atoms with E-state index < -0.39 is 0 Å². The van der Waals surface area contributed by atoms with Gasteiger partial charge in [-0.15, -0.1) is 35.3 Å². The molecule has 0 unspecified atom stereocenters. The number of nitrogens with zero attached hydrogens (tertiary/aromatic N) is 4. The van der Waals surface area contributed by atoms with Gasteiger partial charge in [-0.1, -0.05) is 6.07 Å². The highest BCUT2D eigenvalue weighted by Gasteiger charge is 2.20. The van der Waals surface area contributed by atoms with Gasteiger partial charge in [-0.25, -0.2) is 4.98 Å².